The highest BCUT2D eigenvalue weighted by Gasteiger charge is 2.14. The predicted molar refractivity (Wildman–Crippen MR) is 71.3 cm³/mol. The number of hydrogen-bond donors (Lipinski definition) is 1. The van der Waals surface area contributed by atoms with E-state index in [1.807, 2.05) is 6.92 Å². The van der Waals surface area contributed by atoms with Crippen molar-refractivity contribution in [1.29, 1.82) is 0 Å². The summed E-state index contributed by atoms with van der Waals surface area (Å²) in [6, 6.07) is 8.59. The zero-order valence-corrected chi connectivity index (χ0v) is 10.7. The van der Waals surface area contributed by atoms with Crippen LogP contribution in [-0.2, 0) is 6.42 Å². The van der Waals surface area contributed by atoms with Gasteiger partial charge >= 0.3 is 0 Å². The van der Waals surface area contributed by atoms with Crippen LogP contribution in [0.15, 0.2) is 24.3 Å². The molecule has 2 nitrogen and oxygen atoms in total. The van der Waals surface area contributed by atoms with Crippen LogP contribution in [0.1, 0.15) is 44.6 Å². The molecule has 0 bridgehead atoms. The Hall–Kier alpha value is -1.02. The lowest BCUT2D eigenvalue weighted by Crippen LogP contribution is -2.20. The minimum atomic E-state index is 0.208. The fourth-order valence-corrected chi connectivity index (χ4v) is 2.49. The van der Waals surface area contributed by atoms with E-state index in [9.17, 15) is 0 Å². The molecule has 0 radical (unpaired) electrons. The molecule has 1 fully saturated rings. The van der Waals surface area contributed by atoms with E-state index in [1.165, 1.54) is 37.7 Å². The highest BCUT2D eigenvalue weighted by atomic mass is 16.5. The van der Waals surface area contributed by atoms with Crippen molar-refractivity contribution in [2.45, 2.75) is 57.6 Å². The molecule has 1 aromatic carbocycles. The molecular weight excluding hydrogens is 210 g/mol. The van der Waals surface area contributed by atoms with Crippen LogP contribution in [0.2, 0.25) is 0 Å². The maximum absolute atomic E-state index is 6.04. The summed E-state index contributed by atoms with van der Waals surface area (Å²) in [5.41, 5.74) is 7.09. The van der Waals surface area contributed by atoms with Crippen LogP contribution in [0.25, 0.3) is 0 Å². The van der Waals surface area contributed by atoms with Crippen LogP contribution < -0.4 is 10.5 Å². The lowest BCUT2D eigenvalue weighted by atomic mass is 9.98. The number of rotatable bonds is 4. The first-order valence-corrected chi connectivity index (χ1v) is 6.75. The van der Waals surface area contributed by atoms with Gasteiger partial charge in [-0.2, -0.15) is 0 Å². The lowest BCUT2D eigenvalue weighted by molar-refractivity contribution is 0.155. The van der Waals surface area contributed by atoms with Crippen molar-refractivity contribution >= 4 is 0 Å². The third-order valence-corrected chi connectivity index (χ3v) is 3.31. The van der Waals surface area contributed by atoms with E-state index in [2.05, 4.69) is 24.3 Å². The van der Waals surface area contributed by atoms with Crippen LogP contribution in [0.3, 0.4) is 0 Å². The Morgan fingerprint density at radius 2 is 2.06 bits per heavy atom. The Balaban J connectivity index is 1.95. The van der Waals surface area contributed by atoms with Gasteiger partial charge in [0.1, 0.15) is 5.75 Å². The summed E-state index contributed by atoms with van der Waals surface area (Å²) < 4.78 is 6.04. The van der Waals surface area contributed by atoms with E-state index in [0.29, 0.717) is 6.10 Å². The summed E-state index contributed by atoms with van der Waals surface area (Å²) in [7, 11) is 0. The Morgan fingerprint density at radius 1 is 1.29 bits per heavy atom. The second-order valence-corrected chi connectivity index (χ2v) is 5.21. The molecule has 0 spiro atoms. The molecule has 17 heavy (non-hydrogen) atoms. The van der Waals surface area contributed by atoms with Gasteiger partial charge in [0, 0.05) is 6.04 Å². The van der Waals surface area contributed by atoms with Crippen molar-refractivity contribution in [1.82, 2.24) is 0 Å². The summed E-state index contributed by atoms with van der Waals surface area (Å²) in [4.78, 5) is 0. The molecule has 2 rings (SSSR count). The standard InChI is InChI=1S/C15H23NO/c1-12(16)10-13-6-5-9-15(11-13)17-14-7-3-2-4-8-14/h5-6,9,11-12,14H,2-4,7-8,10,16H2,1H3. The first kappa shape index (κ1) is 12.4. The molecule has 1 atom stereocenters. The Bertz CT molecular complexity index is 343. The monoisotopic (exact) mass is 233 g/mol. The summed E-state index contributed by atoms with van der Waals surface area (Å²) >= 11 is 0. The highest BCUT2D eigenvalue weighted by Crippen LogP contribution is 2.24. The van der Waals surface area contributed by atoms with Crippen LogP contribution >= 0.6 is 0 Å². The van der Waals surface area contributed by atoms with Gasteiger partial charge in [0.2, 0.25) is 0 Å². The van der Waals surface area contributed by atoms with Gasteiger partial charge in [-0.3, -0.25) is 0 Å². The third kappa shape index (κ3) is 4.04. The molecule has 0 aliphatic heterocycles. The summed E-state index contributed by atoms with van der Waals surface area (Å²) in [5, 5.41) is 0. The van der Waals surface area contributed by atoms with Crippen LogP contribution in [-0.4, -0.2) is 12.1 Å². The van der Waals surface area contributed by atoms with E-state index in [4.69, 9.17) is 10.5 Å². The zero-order chi connectivity index (χ0) is 12.1. The average molecular weight is 233 g/mol. The van der Waals surface area contributed by atoms with Crippen molar-refractivity contribution in [3.8, 4) is 5.75 Å². The van der Waals surface area contributed by atoms with E-state index < -0.39 is 0 Å². The minimum absolute atomic E-state index is 0.208. The van der Waals surface area contributed by atoms with Gasteiger partial charge in [-0.1, -0.05) is 18.6 Å². The molecule has 0 aromatic heterocycles. The van der Waals surface area contributed by atoms with Gasteiger partial charge in [-0.15, -0.1) is 0 Å². The molecule has 2 heteroatoms. The topological polar surface area (TPSA) is 35.2 Å². The average Bonchev–Trinajstić information content (AvgIpc) is 2.30. The van der Waals surface area contributed by atoms with E-state index in [0.717, 1.165) is 12.2 Å². The van der Waals surface area contributed by atoms with Gasteiger partial charge in [0.15, 0.2) is 0 Å². The van der Waals surface area contributed by atoms with Gasteiger partial charge in [0.05, 0.1) is 6.10 Å². The molecule has 1 saturated carbocycles. The van der Waals surface area contributed by atoms with Gasteiger partial charge in [-0.05, 0) is 56.7 Å². The second kappa shape index (κ2) is 6.06. The van der Waals surface area contributed by atoms with Crippen molar-refractivity contribution in [3.63, 3.8) is 0 Å². The molecular formula is C15H23NO. The molecule has 0 heterocycles. The van der Waals surface area contributed by atoms with Crippen LogP contribution in [0.5, 0.6) is 5.75 Å². The summed E-state index contributed by atoms with van der Waals surface area (Å²) in [6.45, 7) is 2.04. The maximum Gasteiger partial charge on any atom is 0.119 e. The molecule has 0 saturated heterocycles. The number of nitrogens with two attached hydrogens (primary N) is 1. The van der Waals surface area contributed by atoms with Gasteiger partial charge in [-0.25, -0.2) is 0 Å². The largest absolute Gasteiger partial charge is 0.490 e. The molecule has 1 aromatic rings. The third-order valence-electron chi connectivity index (χ3n) is 3.31. The van der Waals surface area contributed by atoms with Crippen molar-refractivity contribution < 1.29 is 4.74 Å². The Kier molecular flexibility index (Phi) is 4.43. The molecule has 94 valence electrons. The molecule has 0 amide bonds. The highest BCUT2D eigenvalue weighted by molar-refractivity contribution is 5.29. The maximum atomic E-state index is 6.04. The molecule has 1 aliphatic rings. The Labute approximate surface area is 104 Å². The first-order valence-electron chi connectivity index (χ1n) is 6.75. The molecule has 1 unspecified atom stereocenters. The number of ether oxygens (including phenoxy) is 1. The van der Waals surface area contributed by atoms with Gasteiger partial charge < -0.3 is 10.5 Å². The summed E-state index contributed by atoms with van der Waals surface area (Å²) in [6.07, 6.45) is 7.74. The van der Waals surface area contributed by atoms with E-state index >= 15 is 0 Å². The van der Waals surface area contributed by atoms with E-state index in [1.54, 1.807) is 0 Å². The first-order chi connectivity index (χ1) is 8.24. The quantitative estimate of drug-likeness (QED) is 0.866. The summed E-state index contributed by atoms with van der Waals surface area (Å²) in [5.74, 6) is 1.01. The number of hydrogen-bond acceptors (Lipinski definition) is 2. The van der Waals surface area contributed by atoms with Crippen molar-refractivity contribution in [2.24, 2.45) is 5.73 Å². The number of benzene rings is 1. The molecule has 2 N–H and O–H groups in total. The van der Waals surface area contributed by atoms with Crippen LogP contribution in [0.4, 0.5) is 0 Å². The zero-order valence-electron chi connectivity index (χ0n) is 10.7. The molecule has 1 aliphatic carbocycles. The van der Waals surface area contributed by atoms with Crippen LogP contribution in [0, 0.1) is 0 Å². The fraction of sp³-hybridized carbons (Fsp3) is 0.600. The van der Waals surface area contributed by atoms with Crippen molar-refractivity contribution in [3.05, 3.63) is 29.8 Å². The smallest absolute Gasteiger partial charge is 0.119 e. The lowest BCUT2D eigenvalue weighted by Gasteiger charge is -2.23. The fourth-order valence-electron chi connectivity index (χ4n) is 2.49. The van der Waals surface area contributed by atoms with E-state index in [-0.39, 0.29) is 6.04 Å². The van der Waals surface area contributed by atoms with Crippen molar-refractivity contribution in [2.75, 3.05) is 0 Å². The Morgan fingerprint density at radius 3 is 2.76 bits per heavy atom. The van der Waals surface area contributed by atoms with Gasteiger partial charge in [0.25, 0.3) is 0 Å². The minimum Gasteiger partial charge on any atom is -0.490 e. The second-order valence-electron chi connectivity index (χ2n) is 5.21. The normalized spacial score (nSPS) is 18.9. The SMILES string of the molecule is CC(N)Cc1cccc(OC2CCCCC2)c1. The predicted octanol–water partition coefficient (Wildman–Crippen LogP) is 3.29.